The molecule has 2 N–H and O–H groups in total. The number of thioether (sulfide) groups is 1. The third-order valence-corrected chi connectivity index (χ3v) is 7.00. The van der Waals surface area contributed by atoms with Gasteiger partial charge in [-0.25, -0.2) is 4.68 Å². The zero-order valence-electron chi connectivity index (χ0n) is 20.2. The van der Waals surface area contributed by atoms with Crippen molar-refractivity contribution >= 4 is 40.6 Å². The van der Waals surface area contributed by atoms with Gasteiger partial charge < -0.3 is 20.4 Å². The first-order chi connectivity index (χ1) is 16.9. The number of hydrogen-bond donors (Lipinski definition) is 2. The van der Waals surface area contributed by atoms with Crippen LogP contribution in [0.1, 0.15) is 22.8 Å². The largest absolute Gasteiger partial charge is 0.369 e. The highest BCUT2D eigenvalue weighted by Gasteiger charge is 2.17. The molecule has 2 heterocycles. The third-order valence-electron chi connectivity index (χ3n) is 5.99. The molecule has 1 saturated heterocycles. The molecule has 0 spiro atoms. The highest BCUT2D eigenvalue weighted by atomic mass is 32.2. The second kappa shape index (κ2) is 11.3. The first-order valence-corrected chi connectivity index (χ1v) is 12.6. The van der Waals surface area contributed by atoms with Crippen LogP contribution in [-0.4, -0.2) is 75.4 Å². The highest BCUT2D eigenvalue weighted by Crippen LogP contribution is 2.24. The van der Waals surface area contributed by atoms with Gasteiger partial charge in [0.2, 0.25) is 11.1 Å². The molecule has 0 atom stereocenters. The number of carbonyl (C=O) groups excluding carboxylic acids is 2. The third kappa shape index (κ3) is 6.37. The monoisotopic (exact) mass is 494 g/mol. The quantitative estimate of drug-likeness (QED) is 0.460. The summed E-state index contributed by atoms with van der Waals surface area (Å²) >= 11 is 1.25. The van der Waals surface area contributed by atoms with Crippen LogP contribution >= 0.6 is 11.8 Å². The van der Waals surface area contributed by atoms with Gasteiger partial charge in [-0.2, -0.15) is 0 Å². The number of tetrazole rings is 1. The maximum Gasteiger partial charge on any atom is 0.255 e. The lowest BCUT2D eigenvalue weighted by Crippen LogP contribution is -2.46. The van der Waals surface area contributed by atoms with Gasteiger partial charge in [-0.1, -0.05) is 18.7 Å². The van der Waals surface area contributed by atoms with Gasteiger partial charge in [0.1, 0.15) is 0 Å². The molecular formula is C24H30N8O2S. The molecule has 1 aliphatic rings. The summed E-state index contributed by atoms with van der Waals surface area (Å²) in [6.45, 7) is 9.46. The van der Waals surface area contributed by atoms with E-state index < -0.39 is 0 Å². The van der Waals surface area contributed by atoms with Gasteiger partial charge in [-0.3, -0.25) is 9.59 Å². The second-order valence-electron chi connectivity index (χ2n) is 8.37. The van der Waals surface area contributed by atoms with Crippen LogP contribution in [0, 0.1) is 6.92 Å². The zero-order chi connectivity index (χ0) is 24.8. The Morgan fingerprint density at radius 1 is 1.03 bits per heavy atom. The van der Waals surface area contributed by atoms with Crippen LogP contribution < -0.4 is 15.5 Å². The van der Waals surface area contributed by atoms with Crippen molar-refractivity contribution in [2.75, 3.05) is 54.0 Å². The number of anilines is 3. The van der Waals surface area contributed by atoms with Crippen LogP contribution in [0.5, 0.6) is 0 Å². The fourth-order valence-corrected chi connectivity index (χ4v) is 4.53. The molecule has 0 bridgehead atoms. The van der Waals surface area contributed by atoms with E-state index in [1.54, 1.807) is 31.3 Å². The maximum absolute atomic E-state index is 12.8. The fraction of sp³-hybridized carbons (Fsp3) is 0.375. The molecule has 184 valence electrons. The number of carbonyl (C=O) groups is 2. The van der Waals surface area contributed by atoms with E-state index in [9.17, 15) is 9.59 Å². The molecule has 1 aliphatic heterocycles. The number of nitrogens with zero attached hydrogens (tertiary/aromatic N) is 6. The van der Waals surface area contributed by atoms with E-state index in [0.29, 0.717) is 16.4 Å². The Morgan fingerprint density at radius 3 is 2.40 bits per heavy atom. The Balaban J connectivity index is 1.30. The van der Waals surface area contributed by atoms with Gasteiger partial charge in [0.15, 0.2) is 0 Å². The normalized spacial score (nSPS) is 14.1. The summed E-state index contributed by atoms with van der Waals surface area (Å²) < 4.78 is 1.51. The van der Waals surface area contributed by atoms with Gasteiger partial charge in [0.25, 0.3) is 5.91 Å². The topological polar surface area (TPSA) is 108 Å². The lowest BCUT2D eigenvalue weighted by molar-refractivity contribution is -0.113. The summed E-state index contributed by atoms with van der Waals surface area (Å²) in [7, 11) is 1.72. The van der Waals surface area contributed by atoms with Crippen molar-refractivity contribution in [1.82, 2.24) is 25.1 Å². The molecule has 1 aromatic heterocycles. The average Bonchev–Trinajstić information content (AvgIpc) is 3.29. The summed E-state index contributed by atoms with van der Waals surface area (Å²) in [6.07, 6.45) is 0. The molecule has 35 heavy (non-hydrogen) atoms. The molecule has 2 aromatic carbocycles. The minimum Gasteiger partial charge on any atom is -0.369 e. The van der Waals surface area contributed by atoms with Gasteiger partial charge >= 0.3 is 0 Å². The molecule has 0 aliphatic carbocycles. The van der Waals surface area contributed by atoms with Crippen LogP contribution in [0.2, 0.25) is 0 Å². The van der Waals surface area contributed by atoms with Crippen LogP contribution in [0.3, 0.4) is 0 Å². The van der Waals surface area contributed by atoms with E-state index in [-0.39, 0.29) is 17.6 Å². The first kappa shape index (κ1) is 24.7. The van der Waals surface area contributed by atoms with Crippen LogP contribution in [0.4, 0.5) is 17.1 Å². The standard InChI is InChI=1S/C24H30N8O2S/c1-4-31-11-13-32(14-12-31)20-9-10-21(17(2)15-20)26-23(34)18-5-7-19(8-6-18)25-22(33)16-35-24-27-28-29-30(24)3/h5-10,15H,4,11-14,16H2,1-3H3,(H,25,33)(H,26,34). The number of aromatic nitrogens is 4. The first-order valence-electron chi connectivity index (χ1n) is 11.6. The molecule has 0 radical (unpaired) electrons. The number of aryl methyl sites for hydroxylation is 2. The smallest absolute Gasteiger partial charge is 0.255 e. The Bertz CT molecular complexity index is 1170. The van der Waals surface area contributed by atoms with Crippen molar-refractivity contribution in [2.45, 2.75) is 19.0 Å². The number of benzene rings is 2. The fourth-order valence-electron chi connectivity index (χ4n) is 3.88. The van der Waals surface area contributed by atoms with Gasteiger partial charge in [-0.15, -0.1) is 5.10 Å². The van der Waals surface area contributed by atoms with Crippen molar-refractivity contribution in [3.63, 3.8) is 0 Å². The van der Waals surface area contributed by atoms with Crippen LogP contribution in [-0.2, 0) is 11.8 Å². The van der Waals surface area contributed by atoms with E-state index in [1.807, 2.05) is 13.0 Å². The molecule has 4 rings (SSSR count). The molecule has 10 nitrogen and oxygen atoms in total. The molecule has 2 amide bonds. The van der Waals surface area contributed by atoms with Crippen LogP contribution in [0.25, 0.3) is 0 Å². The maximum atomic E-state index is 12.8. The number of rotatable bonds is 8. The minimum absolute atomic E-state index is 0.179. The lowest BCUT2D eigenvalue weighted by Gasteiger charge is -2.35. The van der Waals surface area contributed by atoms with Crippen molar-refractivity contribution in [3.05, 3.63) is 53.6 Å². The minimum atomic E-state index is -0.194. The van der Waals surface area contributed by atoms with E-state index in [4.69, 9.17) is 0 Å². The van der Waals surface area contributed by atoms with Gasteiger partial charge in [-0.05, 0) is 71.9 Å². The number of piperazine rings is 1. The number of amides is 2. The second-order valence-corrected chi connectivity index (χ2v) is 9.32. The summed E-state index contributed by atoms with van der Waals surface area (Å²) in [5, 5.41) is 17.5. The SMILES string of the molecule is CCN1CCN(c2ccc(NC(=O)c3ccc(NC(=O)CSc4nnnn4C)cc3)c(C)c2)CC1. The summed E-state index contributed by atoms with van der Waals surface area (Å²) in [5.41, 5.74) is 4.13. The molecule has 0 saturated carbocycles. The number of nitrogens with one attached hydrogen (secondary N) is 2. The van der Waals surface area contributed by atoms with Gasteiger partial charge in [0, 0.05) is 55.9 Å². The molecule has 0 unspecified atom stereocenters. The number of likely N-dealkylation sites (N-methyl/N-ethyl adjacent to an activating group) is 1. The van der Waals surface area contributed by atoms with Crippen molar-refractivity contribution in [2.24, 2.45) is 7.05 Å². The Kier molecular flexibility index (Phi) is 7.98. The lowest BCUT2D eigenvalue weighted by atomic mass is 10.1. The van der Waals surface area contributed by atoms with Crippen molar-refractivity contribution in [3.8, 4) is 0 Å². The summed E-state index contributed by atoms with van der Waals surface area (Å²) in [6, 6.07) is 13.0. The molecule has 3 aromatic rings. The zero-order valence-corrected chi connectivity index (χ0v) is 21.0. The van der Waals surface area contributed by atoms with Crippen molar-refractivity contribution in [1.29, 1.82) is 0 Å². The summed E-state index contributed by atoms with van der Waals surface area (Å²) in [4.78, 5) is 29.8. The van der Waals surface area contributed by atoms with E-state index >= 15 is 0 Å². The Hall–Kier alpha value is -3.44. The average molecular weight is 495 g/mol. The summed E-state index contributed by atoms with van der Waals surface area (Å²) in [5.74, 6) is -0.192. The number of hydrogen-bond acceptors (Lipinski definition) is 8. The predicted octanol–water partition coefficient (Wildman–Crippen LogP) is 2.64. The Labute approximate surface area is 209 Å². The Morgan fingerprint density at radius 2 is 1.77 bits per heavy atom. The van der Waals surface area contributed by atoms with E-state index in [0.717, 1.165) is 44.0 Å². The van der Waals surface area contributed by atoms with E-state index in [2.05, 4.69) is 55.0 Å². The predicted molar refractivity (Wildman–Crippen MR) is 138 cm³/mol. The van der Waals surface area contributed by atoms with Crippen LogP contribution in [0.15, 0.2) is 47.6 Å². The molecule has 11 heteroatoms. The highest BCUT2D eigenvalue weighted by molar-refractivity contribution is 7.99. The molecule has 1 fully saturated rings. The van der Waals surface area contributed by atoms with Crippen molar-refractivity contribution < 1.29 is 9.59 Å². The van der Waals surface area contributed by atoms with E-state index in [1.165, 1.54) is 22.1 Å². The van der Waals surface area contributed by atoms with Gasteiger partial charge in [0.05, 0.1) is 5.75 Å². The molecular weight excluding hydrogens is 464 g/mol.